The first kappa shape index (κ1) is 14.1. The molecule has 5 heteroatoms. The fourth-order valence-electron chi connectivity index (χ4n) is 1.96. The van der Waals surface area contributed by atoms with Crippen LogP contribution >= 0.6 is 11.6 Å². The number of hydrogen-bond acceptors (Lipinski definition) is 3. The van der Waals surface area contributed by atoms with Crippen LogP contribution in [0.1, 0.15) is 20.7 Å². The molecule has 0 aliphatic heterocycles. The van der Waals surface area contributed by atoms with Gasteiger partial charge >= 0.3 is 11.9 Å². The SMILES string of the molecule is COC(=O)c1c(-c2ccccc2)ccc(Cl)c1C(=O)O. The monoisotopic (exact) mass is 290 g/mol. The van der Waals surface area contributed by atoms with Gasteiger partial charge in [0.1, 0.15) is 0 Å². The van der Waals surface area contributed by atoms with E-state index in [1.807, 2.05) is 6.07 Å². The zero-order valence-corrected chi connectivity index (χ0v) is 11.3. The van der Waals surface area contributed by atoms with Gasteiger partial charge in [-0.05, 0) is 17.2 Å². The second-order valence-corrected chi connectivity index (χ2v) is 4.41. The molecule has 4 nitrogen and oxygen atoms in total. The molecular weight excluding hydrogens is 280 g/mol. The Kier molecular flexibility index (Phi) is 4.05. The molecule has 1 N–H and O–H groups in total. The molecule has 2 rings (SSSR count). The highest BCUT2D eigenvalue weighted by Gasteiger charge is 2.24. The van der Waals surface area contributed by atoms with Crippen LogP contribution in [0.3, 0.4) is 0 Å². The number of methoxy groups -OCH3 is 1. The standard InChI is InChI=1S/C15H11ClO4/c1-20-15(19)12-10(9-5-3-2-4-6-9)7-8-11(16)13(12)14(17)18/h2-8H,1H3,(H,17,18). The van der Waals surface area contributed by atoms with E-state index < -0.39 is 11.9 Å². The van der Waals surface area contributed by atoms with E-state index in [1.54, 1.807) is 30.3 Å². The summed E-state index contributed by atoms with van der Waals surface area (Å²) >= 11 is 5.90. The van der Waals surface area contributed by atoms with Crippen LogP contribution in [0.5, 0.6) is 0 Å². The van der Waals surface area contributed by atoms with Crippen molar-refractivity contribution in [2.45, 2.75) is 0 Å². The fourth-order valence-corrected chi connectivity index (χ4v) is 2.20. The second-order valence-electron chi connectivity index (χ2n) is 4.01. The van der Waals surface area contributed by atoms with E-state index in [4.69, 9.17) is 11.6 Å². The molecule has 0 aromatic heterocycles. The summed E-state index contributed by atoms with van der Waals surface area (Å²) in [5.74, 6) is -2.00. The highest BCUT2D eigenvalue weighted by atomic mass is 35.5. The van der Waals surface area contributed by atoms with Gasteiger partial charge in [0.05, 0.1) is 23.3 Å². The first-order valence-electron chi connectivity index (χ1n) is 5.75. The fraction of sp³-hybridized carbons (Fsp3) is 0.0667. The van der Waals surface area contributed by atoms with Crippen LogP contribution in [-0.2, 0) is 4.74 Å². The van der Waals surface area contributed by atoms with Crippen LogP contribution in [0, 0.1) is 0 Å². The molecule has 0 unspecified atom stereocenters. The maximum Gasteiger partial charge on any atom is 0.339 e. The number of carbonyl (C=O) groups is 2. The van der Waals surface area contributed by atoms with Crippen molar-refractivity contribution < 1.29 is 19.4 Å². The smallest absolute Gasteiger partial charge is 0.339 e. The van der Waals surface area contributed by atoms with Crippen molar-refractivity contribution in [1.82, 2.24) is 0 Å². The Morgan fingerprint density at radius 2 is 1.70 bits per heavy atom. The lowest BCUT2D eigenvalue weighted by atomic mass is 9.95. The zero-order valence-electron chi connectivity index (χ0n) is 10.6. The van der Waals surface area contributed by atoms with Gasteiger partial charge in [0.25, 0.3) is 0 Å². The zero-order chi connectivity index (χ0) is 14.7. The third-order valence-electron chi connectivity index (χ3n) is 2.84. The van der Waals surface area contributed by atoms with Crippen LogP contribution in [-0.4, -0.2) is 24.2 Å². The van der Waals surface area contributed by atoms with E-state index in [0.29, 0.717) is 11.1 Å². The number of benzene rings is 2. The number of ether oxygens (including phenoxy) is 1. The number of rotatable bonds is 3. The number of carbonyl (C=O) groups excluding carboxylic acids is 1. The Balaban J connectivity index is 2.79. The first-order valence-corrected chi connectivity index (χ1v) is 6.13. The maximum atomic E-state index is 11.9. The van der Waals surface area contributed by atoms with Crippen molar-refractivity contribution in [2.75, 3.05) is 7.11 Å². The van der Waals surface area contributed by atoms with E-state index in [2.05, 4.69) is 4.74 Å². The molecule has 2 aromatic carbocycles. The maximum absolute atomic E-state index is 11.9. The van der Waals surface area contributed by atoms with Crippen LogP contribution in [0.25, 0.3) is 11.1 Å². The summed E-state index contributed by atoms with van der Waals surface area (Å²) in [6.07, 6.45) is 0. The Hall–Kier alpha value is -2.33. The molecule has 102 valence electrons. The van der Waals surface area contributed by atoms with Crippen LogP contribution in [0.4, 0.5) is 0 Å². The highest BCUT2D eigenvalue weighted by molar-refractivity contribution is 6.34. The van der Waals surface area contributed by atoms with Gasteiger partial charge in [-0.25, -0.2) is 9.59 Å². The Morgan fingerprint density at radius 1 is 1.05 bits per heavy atom. The molecule has 0 heterocycles. The van der Waals surface area contributed by atoms with Gasteiger partial charge in [-0.3, -0.25) is 0 Å². The van der Waals surface area contributed by atoms with Crippen molar-refractivity contribution in [1.29, 1.82) is 0 Å². The summed E-state index contributed by atoms with van der Waals surface area (Å²) in [5, 5.41) is 9.27. The largest absolute Gasteiger partial charge is 0.478 e. The molecule has 20 heavy (non-hydrogen) atoms. The predicted molar refractivity (Wildman–Crippen MR) is 75.2 cm³/mol. The molecule has 0 saturated heterocycles. The average Bonchev–Trinajstić information content (AvgIpc) is 2.46. The molecule has 0 bridgehead atoms. The van der Waals surface area contributed by atoms with Crippen molar-refractivity contribution in [2.24, 2.45) is 0 Å². The average molecular weight is 291 g/mol. The van der Waals surface area contributed by atoms with Gasteiger partial charge in [-0.1, -0.05) is 48.0 Å². The normalized spacial score (nSPS) is 10.1. The molecule has 0 aliphatic rings. The molecule has 0 spiro atoms. The predicted octanol–water partition coefficient (Wildman–Crippen LogP) is 3.49. The lowest BCUT2D eigenvalue weighted by Crippen LogP contribution is -2.12. The lowest BCUT2D eigenvalue weighted by molar-refractivity contribution is 0.0583. The van der Waals surface area contributed by atoms with E-state index in [-0.39, 0.29) is 16.1 Å². The number of aromatic carboxylic acids is 1. The Labute approximate surface area is 120 Å². The number of carboxylic acids is 1. The minimum Gasteiger partial charge on any atom is -0.478 e. The minimum atomic E-state index is -1.27. The van der Waals surface area contributed by atoms with Gasteiger partial charge in [-0.15, -0.1) is 0 Å². The van der Waals surface area contributed by atoms with Crippen molar-refractivity contribution in [3.8, 4) is 11.1 Å². The molecule has 0 atom stereocenters. The lowest BCUT2D eigenvalue weighted by Gasteiger charge is -2.12. The Morgan fingerprint density at radius 3 is 2.25 bits per heavy atom. The van der Waals surface area contributed by atoms with Crippen LogP contribution in [0.15, 0.2) is 42.5 Å². The van der Waals surface area contributed by atoms with Gasteiger partial charge in [0.2, 0.25) is 0 Å². The number of carboxylic acid groups (broad SMARTS) is 1. The quantitative estimate of drug-likeness (QED) is 0.879. The summed E-state index contributed by atoms with van der Waals surface area (Å²) in [7, 11) is 1.20. The Bertz CT molecular complexity index is 665. The number of esters is 1. The molecule has 0 radical (unpaired) electrons. The molecule has 0 fully saturated rings. The topological polar surface area (TPSA) is 63.6 Å². The summed E-state index contributed by atoms with van der Waals surface area (Å²) in [6.45, 7) is 0. The minimum absolute atomic E-state index is 0.00224. The number of hydrogen-bond donors (Lipinski definition) is 1. The van der Waals surface area contributed by atoms with Crippen molar-refractivity contribution in [3.05, 3.63) is 58.6 Å². The molecule has 0 saturated carbocycles. The molecule has 2 aromatic rings. The third kappa shape index (κ3) is 2.51. The van der Waals surface area contributed by atoms with E-state index in [1.165, 1.54) is 13.2 Å². The molecule has 0 amide bonds. The second kappa shape index (κ2) is 5.75. The van der Waals surface area contributed by atoms with Crippen molar-refractivity contribution >= 4 is 23.5 Å². The van der Waals surface area contributed by atoms with Crippen molar-refractivity contribution in [3.63, 3.8) is 0 Å². The van der Waals surface area contributed by atoms with Crippen LogP contribution < -0.4 is 0 Å². The van der Waals surface area contributed by atoms with E-state index >= 15 is 0 Å². The van der Waals surface area contributed by atoms with E-state index in [0.717, 1.165) is 0 Å². The van der Waals surface area contributed by atoms with Gasteiger partial charge in [-0.2, -0.15) is 0 Å². The van der Waals surface area contributed by atoms with E-state index in [9.17, 15) is 14.7 Å². The van der Waals surface area contributed by atoms with Gasteiger partial charge in [0, 0.05) is 0 Å². The number of halogens is 1. The summed E-state index contributed by atoms with van der Waals surface area (Å²) < 4.78 is 4.68. The van der Waals surface area contributed by atoms with Crippen LogP contribution in [0.2, 0.25) is 5.02 Å². The highest BCUT2D eigenvalue weighted by Crippen LogP contribution is 2.31. The van der Waals surface area contributed by atoms with Gasteiger partial charge < -0.3 is 9.84 Å². The molecular formula is C15H11ClO4. The van der Waals surface area contributed by atoms with Gasteiger partial charge in [0.15, 0.2) is 0 Å². The summed E-state index contributed by atoms with van der Waals surface area (Å²) in [6, 6.07) is 12.0. The third-order valence-corrected chi connectivity index (χ3v) is 3.16. The molecule has 0 aliphatic carbocycles. The summed E-state index contributed by atoms with van der Waals surface area (Å²) in [5.41, 5.74) is 0.893. The summed E-state index contributed by atoms with van der Waals surface area (Å²) in [4.78, 5) is 23.3. The first-order chi connectivity index (χ1) is 9.56.